The van der Waals surface area contributed by atoms with Crippen LogP contribution in [0.25, 0.3) is 104 Å². The molecule has 0 unspecified atom stereocenters. The Morgan fingerprint density at radius 1 is 0.373 bits per heavy atom. The predicted molar refractivity (Wildman–Crippen MR) is 215 cm³/mol. The number of nitrogens with zero attached hydrogens (tertiary/aromatic N) is 3. The van der Waals surface area contributed by atoms with Crippen LogP contribution >= 0.6 is 0 Å². The summed E-state index contributed by atoms with van der Waals surface area (Å²) in [6.45, 7) is 0. The highest BCUT2D eigenvalue weighted by Gasteiger charge is 2.20. The maximum Gasteiger partial charge on any atom is 0.160 e. The van der Waals surface area contributed by atoms with Crippen molar-refractivity contribution in [3.8, 4) is 28.3 Å². The lowest BCUT2D eigenvalue weighted by atomic mass is 9.91. The zero-order valence-corrected chi connectivity index (χ0v) is 27.6. The molecule has 0 bridgehead atoms. The minimum Gasteiger partial charge on any atom is -0.309 e. The van der Waals surface area contributed by atoms with Gasteiger partial charge in [0.15, 0.2) is 5.82 Å². The Kier molecular flexibility index (Phi) is 5.96. The molecule has 0 saturated carbocycles. The van der Waals surface area contributed by atoms with E-state index in [2.05, 4.69) is 180 Å². The molecule has 9 aromatic carbocycles. The number of rotatable bonds is 3. The maximum atomic E-state index is 5.34. The van der Waals surface area contributed by atoms with E-state index in [0.29, 0.717) is 0 Å². The number of para-hydroxylation sites is 2. The Hall–Kier alpha value is -6.84. The molecule has 2 aromatic heterocycles. The standard InChI is InChI=1S/C48H29N3/c1-3-14-31(15-4-1)46-45-34-18-8-7-13-30(34)24-28-42(45)49-48(50-46)32-23-25-36-39-26-27-40-37-20-11-12-22-43(37)51(33-16-5-2-6-17-33)47(40)44(39)38-21-10-9-19-35(38)41(36)29-32/h1-29H. The lowest BCUT2D eigenvalue weighted by molar-refractivity contribution is 1.19. The fraction of sp³-hybridized carbons (Fsp3) is 0. The van der Waals surface area contributed by atoms with Gasteiger partial charge < -0.3 is 4.57 Å². The molecule has 0 aliphatic rings. The maximum absolute atomic E-state index is 5.34. The van der Waals surface area contributed by atoms with Crippen molar-refractivity contribution in [3.05, 3.63) is 176 Å². The van der Waals surface area contributed by atoms with Crippen molar-refractivity contribution >= 4 is 75.8 Å². The van der Waals surface area contributed by atoms with Crippen molar-refractivity contribution in [2.45, 2.75) is 0 Å². The first kappa shape index (κ1) is 28.0. The topological polar surface area (TPSA) is 30.7 Å². The normalized spacial score (nSPS) is 11.9. The summed E-state index contributed by atoms with van der Waals surface area (Å²) in [5.74, 6) is 0.724. The molecule has 0 atom stereocenters. The highest BCUT2D eigenvalue weighted by molar-refractivity contribution is 6.33. The molecule has 0 N–H and O–H groups in total. The van der Waals surface area contributed by atoms with Crippen LogP contribution in [0.15, 0.2) is 176 Å². The molecule has 0 aliphatic carbocycles. The third-order valence-corrected chi connectivity index (χ3v) is 10.5. The summed E-state index contributed by atoms with van der Waals surface area (Å²) < 4.78 is 2.44. The molecule has 11 rings (SSSR count). The van der Waals surface area contributed by atoms with Crippen molar-refractivity contribution in [2.75, 3.05) is 0 Å². The molecule has 3 heteroatoms. The van der Waals surface area contributed by atoms with Crippen LogP contribution in [-0.4, -0.2) is 14.5 Å². The van der Waals surface area contributed by atoms with Gasteiger partial charge in [-0.05, 0) is 68.0 Å². The number of aromatic nitrogens is 3. The van der Waals surface area contributed by atoms with Gasteiger partial charge in [0.2, 0.25) is 0 Å². The van der Waals surface area contributed by atoms with Gasteiger partial charge in [0, 0.05) is 38.4 Å². The van der Waals surface area contributed by atoms with Crippen molar-refractivity contribution in [1.29, 1.82) is 0 Å². The van der Waals surface area contributed by atoms with Gasteiger partial charge in [0.05, 0.1) is 22.2 Å². The third kappa shape index (κ3) is 4.12. The highest BCUT2D eigenvalue weighted by Crippen LogP contribution is 2.44. The molecular weight excluding hydrogens is 619 g/mol. The van der Waals surface area contributed by atoms with Gasteiger partial charge in [-0.2, -0.15) is 0 Å². The quantitative estimate of drug-likeness (QED) is 0.179. The van der Waals surface area contributed by atoms with Crippen LogP contribution in [-0.2, 0) is 0 Å². The smallest absolute Gasteiger partial charge is 0.160 e. The summed E-state index contributed by atoms with van der Waals surface area (Å²) in [6, 6.07) is 63.1. The largest absolute Gasteiger partial charge is 0.309 e. The Morgan fingerprint density at radius 2 is 1.00 bits per heavy atom. The number of benzene rings is 9. The van der Waals surface area contributed by atoms with Gasteiger partial charge in [-0.25, -0.2) is 9.97 Å². The Labute approximate surface area is 293 Å². The predicted octanol–water partition coefficient (Wildman–Crippen LogP) is 12.7. The third-order valence-electron chi connectivity index (χ3n) is 10.5. The summed E-state index contributed by atoms with van der Waals surface area (Å²) in [7, 11) is 0. The van der Waals surface area contributed by atoms with Crippen LogP contribution in [0.1, 0.15) is 0 Å². The van der Waals surface area contributed by atoms with Gasteiger partial charge in [-0.15, -0.1) is 0 Å². The van der Waals surface area contributed by atoms with E-state index in [1.165, 1.54) is 59.5 Å². The summed E-state index contributed by atoms with van der Waals surface area (Å²) in [6.07, 6.45) is 0. The molecule has 0 radical (unpaired) electrons. The number of hydrogen-bond donors (Lipinski definition) is 0. The average molecular weight is 648 g/mol. The first-order chi connectivity index (χ1) is 25.3. The van der Waals surface area contributed by atoms with Crippen molar-refractivity contribution in [3.63, 3.8) is 0 Å². The monoisotopic (exact) mass is 647 g/mol. The van der Waals surface area contributed by atoms with E-state index in [-0.39, 0.29) is 0 Å². The molecule has 0 aliphatic heterocycles. The lowest BCUT2D eigenvalue weighted by Gasteiger charge is -2.16. The molecule has 3 nitrogen and oxygen atoms in total. The van der Waals surface area contributed by atoms with E-state index in [1.54, 1.807) is 0 Å². The second-order valence-electron chi connectivity index (χ2n) is 13.3. The summed E-state index contributed by atoms with van der Waals surface area (Å²) in [5, 5.41) is 13.3. The fourth-order valence-electron chi connectivity index (χ4n) is 8.31. The molecular formula is C48H29N3. The summed E-state index contributed by atoms with van der Waals surface area (Å²) in [4.78, 5) is 10.6. The van der Waals surface area contributed by atoms with Gasteiger partial charge in [0.25, 0.3) is 0 Å². The zero-order valence-electron chi connectivity index (χ0n) is 27.6. The van der Waals surface area contributed by atoms with Crippen LogP contribution in [0.4, 0.5) is 0 Å². The highest BCUT2D eigenvalue weighted by atomic mass is 15.0. The second-order valence-corrected chi connectivity index (χ2v) is 13.3. The lowest BCUT2D eigenvalue weighted by Crippen LogP contribution is -1.97. The van der Waals surface area contributed by atoms with E-state index >= 15 is 0 Å². The minimum absolute atomic E-state index is 0.724. The Balaban J connectivity index is 1.23. The van der Waals surface area contributed by atoms with Crippen molar-refractivity contribution in [1.82, 2.24) is 14.5 Å². The Morgan fingerprint density at radius 3 is 1.84 bits per heavy atom. The fourth-order valence-corrected chi connectivity index (χ4v) is 8.31. The second kappa shape index (κ2) is 10.8. The van der Waals surface area contributed by atoms with E-state index in [0.717, 1.165) is 44.6 Å². The zero-order chi connectivity index (χ0) is 33.5. The first-order valence-electron chi connectivity index (χ1n) is 17.4. The molecule has 51 heavy (non-hydrogen) atoms. The van der Waals surface area contributed by atoms with Gasteiger partial charge >= 0.3 is 0 Å². The van der Waals surface area contributed by atoms with Gasteiger partial charge in [0.1, 0.15) is 0 Å². The van der Waals surface area contributed by atoms with Crippen LogP contribution in [0, 0.1) is 0 Å². The molecule has 236 valence electrons. The van der Waals surface area contributed by atoms with Crippen LogP contribution < -0.4 is 0 Å². The van der Waals surface area contributed by atoms with Crippen LogP contribution in [0.2, 0.25) is 0 Å². The molecule has 0 amide bonds. The van der Waals surface area contributed by atoms with E-state index < -0.39 is 0 Å². The van der Waals surface area contributed by atoms with Crippen molar-refractivity contribution in [2.24, 2.45) is 0 Å². The first-order valence-corrected chi connectivity index (χ1v) is 17.4. The van der Waals surface area contributed by atoms with E-state index in [1.807, 2.05) is 0 Å². The Bertz CT molecular complexity index is 3160. The minimum atomic E-state index is 0.724. The van der Waals surface area contributed by atoms with Gasteiger partial charge in [-0.1, -0.05) is 146 Å². The molecule has 2 heterocycles. The summed E-state index contributed by atoms with van der Waals surface area (Å²) in [5.41, 5.74) is 7.58. The molecule has 0 fully saturated rings. The SMILES string of the molecule is c1ccc(-c2nc(-c3ccc4c(c3)c3ccccc3c3c4ccc4c5ccccc5n(-c5ccccc5)c43)nc3ccc4ccccc4c23)cc1. The van der Waals surface area contributed by atoms with Crippen LogP contribution in [0.5, 0.6) is 0 Å². The average Bonchev–Trinajstić information content (AvgIpc) is 3.55. The number of fused-ring (bicyclic) bond motifs is 13. The van der Waals surface area contributed by atoms with Crippen LogP contribution in [0.3, 0.4) is 0 Å². The van der Waals surface area contributed by atoms with Gasteiger partial charge in [-0.3, -0.25) is 0 Å². The van der Waals surface area contributed by atoms with E-state index in [4.69, 9.17) is 9.97 Å². The molecule has 0 saturated heterocycles. The molecule has 11 aromatic rings. The van der Waals surface area contributed by atoms with Crippen molar-refractivity contribution < 1.29 is 0 Å². The molecule has 0 spiro atoms. The number of hydrogen-bond acceptors (Lipinski definition) is 2. The van der Waals surface area contributed by atoms with E-state index in [9.17, 15) is 0 Å². The summed E-state index contributed by atoms with van der Waals surface area (Å²) >= 11 is 0.